The molecule has 2 fully saturated rings. The summed E-state index contributed by atoms with van der Waals surface area (Å²) >= 11 is 0. The summed E-state index contributed by atoms with van der Waals surface area (Å²) in [6.45, 7) is 6.30. The SMILES string of the molecule is CC1CN(C(=O)CC(N)C2CC2)CC1C. The number of rotatable bonds is 3. The Morgan fingerprint density at radius 1 is 1.33 bits per heavy atom. The zero-order valence-corrected chi connectivity index (χ0v) is 9.78. The third-order valence-electron chi connectivity index (χ3n) is 3.98. The van der Waals surface area contributed by atoms with Gasteiger partial charge in [0.2, 0.25) is 5.91 Å². The molecule has 1 heterocycles. The van der Waals surface area contributed by atoms with E-state index < -0.39 is 0 Å². The number of nitrogens with two attached hydrogens (primary N) is 1. The van der Waals surface area contributed by atoms with E-state index in [1.807, 2.05) is 4.90 Å². The van der Waals surface area contributed by atoms with Gasteiger partial charge in [-0.15, -0.1) is 0 Å². The summed E-state index contributed by atoms with van der Waals surface area (Å²) in [6, 6.07) is 0.115. The van der Waals surface area contributed by atoms with Gasteiger partial charge in [0.25, 0.3) is 0 Å². The van der Waals surface area contributed by atoms with E-state index in [1.165, 1.54) is 12.8 Å². The van der Waals surface area contributed by atoms with Gasteiger partial charge in [0.15, 0.2) is 0 Å². The first kappa shape index (κ1) is 10.9. The number of hydrogen-bond donors (Lipinski definition) is 1. The van der Waals surface area contributed by atoms with Crippen LogP contribution in [0.15, 0.2) is 0 Å². The minimum atomic E-state index is 0.115. The Hall–Kier alpha value is -0.570. The molecule has 1 amide bonds. The molecule has 0 aromatic heterocycles. The van der Waals surface area contributed by atoms with Gasteiger partial charge in [-0.25, -0.2) is 0 Å². The maximum atomic E-state index is 11.9. The summed E-state index contributed by atoms with van der Waals surface area (Å²) in [4.78, 5) is 13.9. The molecular weight excluding hydrogens is 188 g/mol. The van der Waals surface area contributed by atoms with Crippen molar-refractivity contribution in [3.8, 4) is 0 Å². The van der Waals surface area contributed by atoms with Crippen molar-refractivity contribution in [3.63, 3.8) is 0 Å². The van der Waals surface area contributed by atoms with Crippen molar-refractivity contribution in [2.24, 2.45) is 23.5 Å². The summed E-state index contributed by atoms with van der Waals surface area (Å²) in [5.74, 6) is 2.19. The largest absolute Gasteiger partial charge is 0.342 e. The number of carbonyl (C=O) groups excluding carboxylic acids is 1. The predicted octanol–water partition coefficient (Wildman–Crippen LogP) is 1.23. The Balaban J connectivity index is 1.80. The van der Waals surface area contributed by atoms with Crippen molar-refractivity contribution in [1.29, 1.82) is 0 Å². The van der Waals surface area contributed by atoms with Crippen LogP contribution in [0.1, 0.15) is 33.1 Å². The molecule has 1 aliphatic heterocycles. The van der Waals surface area contributed by atoms with Crippen molar-refractivity contribution >= 4 is 5.91 Å². The highest BCUT2D eigenvalue weighted by atomic mass is 16.2. The van der Waals surface area contributed by atoms with Gasteiger partial charge >= 0.3 is 0 Å². The molecule has 0 radical (unpaired) electrons. The Kier molecular flexibility index (Phi) is 3.01. The van der Waals surface area contributed by atoms with Gasteiger partial charge in [-0.2, -0.15) is 0 Å². The van der Waals surface area contributed by atoms with E-state index in [4.69, 9.17) is 5.73 Å². The molecule has 1 saturated heterocycles. The average molecular weight is 210 g/mol. The van der Waals surface area contributed by atoms with Gasteiger partial charge in [-0.05, 0) is 30.6 Å². The maximum absolute atomic E-state index is 11.9. The summed E-state index contributed by atoms with van der Waals surface area (Å²) in [5, 5.41) is 0. The highest BCUT2D eigenvalue weighted by Crippen LogP contribution is 2.33. The molecule has 2 aliphatic rings. The van der Waals surface area contributed by atoms with Gasteiger partial charge < -0.3 is 10.6 Å². The summed E-state index contributed by atoms with van der Waals surface area (Å²) in [7, 11) is 0. The fraction of sp³-hybridized carbons (Fsp3) is 0.917. The molecule has 15 heavy (non-hydrogen) atoms. The maximum Gasteiger partial charge on any atom is 0.224 e. The molecule has 0 aromatic rings. The predicted molar refractivity (Wildman–Crippen MR) is 60.2 cm³/mol. The van der Waals surface area contributed by atoms with E-state index in [9.17, 15) is 4.79 Å². The monoisotopic (exact) mass is 210 g/mol. The number of nitrogens with zero attached hydrogens (tertiary/aromatic N) is 1. The minimum absolute atomic E-state index is 0.115. The van der Waals surface area contributed by atoms with Crippen LogP contribution in [-0.2, 0) is 4.79 Å². The fourth-order valence-corrected chi connectivity index (χ4v) is 2.36. The van der Waals surface area contributed by atoms with E-state index in [0.29, 0.717) is 24.2 Å². The van der Waals surface area contributed by atoms with Crippen LogP contribution in [0, 0.1) is 17.8 Å². The zero-order valence-electron chi connectivity index (χ0n) is 9.78. The minimum Gasteiger partial charge on any atom is -0.342 e. The third kappa shape index (κ3) is 2.51. The lowest BCUT2D eigenvalue weighted by molar-refractivity contribution is -0.130. The smallest absolute Gasteiger partial charge is 0.224 e. The van der Waals surface area contributed by atoms with Gasteiger partial charge in [0, 0.05) is 25.6 Å². The molecule has 86 valence electrons. The van der Waals surface area contributed by atoms with Gasteiger partial charge in [-0.1, -0.05) is 13.8 Å². The normalized spacial score (nSPS) is 33.1. The number of amides is 1. The second kappa shape index (κ2) is 4.12. The molecule has 0 bridgehead atoms. The lowest BCUT2D eigenvalue weighted by Crippen LogP contribution is -2.35. The van der Waals surface area contributed by atoms with Crippen LogP contribution in [0.2, 0.25) is 0 Å². The lowest BCUT2D eigenvalue weighted by atomic mass is 10.0. The summed E-state index contributed by atoms with van der Waals surface area (Å²) < 4.78 is 0. The zero-order chi connectivity index (χ0) is 11.0. The topological polar surface area (TPSA) is 46.3 Å². The second-order valence-electron chi connectivity index (χ2n) is 5.46. The van der Waals surface area contributed by atoms with E-state index in [1.54, 1.807) is 0 Å². The molecule has 3 unspecified atom stereocenters. The molecule has 2 rings (SSSR count). The Bertz CT molecular complexity index is 240. The van der Waals surface area contributed by atoms with E-state index >= 15 is 0 Å². The average Bonchev–Trinajstić information content (AvgIpc) is 2.95. The van der Waals surface area contributed by atoms with Gasteiger partial charge in [-0.3, -0.25) is 4.79 Å². The van der Waals surface area contributed by atoms with Crippen molar-refractivity contribution in [2.45, 2.75) is 39.2 Å². The van der Waals surface area contributed by atoms with Crippen LogP contribution < -0.4 is 5.73 Å². The highest BCUT2D eigenvalue weighted by Gasteiger charge is 2.34. The summed E-state index contributed by atoms with van der Waals surface area (Å²) in [5.41, 5.74) is 5.97. The van der Waals surface area contributed by atoms with Crippen LogP contribution in [0.3, 0.4) is 0 Å². The quantitative estimate of drug-likeness (QED) is 0.761. The number of hydrogen-bond acceptors (Lipinski definition) is 2. The van der Waals surface area contributed by atoms with Crippen molar-refractivity contribution in [3.05, 3.63) is 0 Å². The number of carbonyl (C=O) groups is 1. The molecule has 3 heteroatoms. The van der Waals surface area contributed by atoms with Gasteiger partial charge in [0.1, 0.15) is 0 Å². The molecular formula is C12H22N2O. The molecule has 2 N–H and O–H groups in total. The van der Waals surface area contributed by atoms with Crippen LogP contribution in [0.4, 0.5) is 0 Å². The first-order valence-corrected chi connectivity index (χ1v) is 6.11. The van der Waals surface area contributed by atoms with E-state index in [-0.39, 0.29) is 11.9 Å². The van der Waals surface area contributed by atoms with Crippen LogP contribution >= 0.6 is 0 Å². The van der Waals surface area contributed by atoms with E-state index in [2.05, 4.69) is 13.8 Å². The molecule has 0 spiro atoms. The highest BCUT2D eigenvalue weighted by molar-refractivity contribution is 5.77. The number of likely N-dealkylation sites (tertiary alicyclic amines) is 1. The molecule has 1 saturated carbocycles. The lowest BCUT2D eigenvalue weighted by Gasteiger charge is -2.18. The third-order valence-corrected chi connectivity index (χ3v) is 3.98. The van der Waals surface area contributed by atoms with Crippen molar-refractivity contribution < 1.29 is 4.79 Å². The molecule has 3 nitrogen and oxygen atoms in total. The van der Waals surface area contributed by atoms with Crippen LogP contribution in [0.25, 0.3) is 0 Å². The van der Waals surface area contributed by atoms with Crippen LogP contribution in [0.5, 0.6) is 0 Å². The van der Waals surface area contributed by atoms with Gasteiger partial charge in [0.05, 0.1) is 0 Å². The Morgan fingerprint density at radius 3 is 2.33 bits per heavy atom. The first-order valence-electron chi connectivity index (χ1n) is 6.11. The van der Waals surface area contributed by atoms with Crippen molar-refractivity contribution in [2.75, 3.05) is 13.1 Å². The standard InChI is InChI=1S/C12H22N2O/c1-8-6-14(7-9(8)2)12(15)5-11(13)10-3-4-10/h8-11H,3-7,13H2,1-2H3. The molecule has 1 aliphatic carbocycles. The molecule has 3 atom stereocenters. The summed E-state index contributed by atoms with van der Waals surface area (Å²) in [6.07, 6.45) is 3.01. The van der Waals surface area contributed by atoms with Crippen LogP contribution in [-0.4, -0.2) is 29.9 Å². The molecule has 0 aromatic carbocycles. The Morgan fingerprint density at radius 2 is 1.87 bits per heavy atom. The fourth-order valence-electron chi connectivity index (χ4n) is 2.36. The first-order chi connectivity index (χ1) is 7.08. The Labute approximate surface area is 92.0 Å². The second-order valence-corrected chi connectivity index (χ2v) is 5.46. The van der Waals surface area contributed by atoms with E-state index in [0.717, 1.165) is 13.1 Å². The van der Waals surface area contributed by atoms with Crippen molar-refractivity contribution in [1.82, 2.24) is 4.90 Å².